The molecule has 1 aromatic carbocycles. The third-order valence-corrected chi connectivity index (χ3v) is 3.33. The van der Waals surface area contributed by atoms with Crippen molar-refractivity contribution < 1.29 is 4.79 Å². The summed E-state index contributed by atoms with van der Waals surface area (Å²) in [6, 6.07) is 2.79. The van der Waals surface area contributed by atoms with Gasteiger partial charge in [0.25, 0.3) is 5.91 Å². The molecule has 0 saturated heterocycles. The fourth-order valence-corrected chi connectivity index (χ4v) is 2.06. The van der Waals surface area contributed by atoms with Crippen molar-refractivity contribution >= 4 is 34.8 Å². The van der Waals surface area contributed by atoms with Gasteiger partial charge in [-0.1, -0.05) is 23.2 Å². The molecule has 0 aliphatic rings. The number of hydrogen-bond acceptors (Lipinski definition) is 3. The number of benzene rings is 1. The van der Waals surface area contributed by atoms with E-state index in [-0.39, 0.29) is 27.7 Å². The summed E-state index contributed by atoms with van der Waals surface area (Å²) in [5.41, 5.74) is 7.12. The number of carbonyl (C=O) groups excluding carboxylic acids is 1. The van der Waals surface area contributed by atoms with E-state index in [1.165, 1.54) is 12.1 Å². The molecular formula is C12H12Cl2N4O. The zero-order chi connectivity index (χ0) is 14.0. The fourth-order valence-electron chi connectivity index (χ4n) is 1.58. The standard InChI is InChI=1S/C12H12Cl2N4O/c1-6(8-4-16-17-5-8)18-12(19)7-2-9(13)11(15)10(14)3-7/h2-6H,15H2,1H3,(H,16,17)(H,18,19). The lowest BCUT2D eigenvalue weighted by atomic mass is 10.1. The summed E-state index contributed by atoms with van der Waals surface area (Å²) in [7, 11) is 0. The molecule has 4 N–H and O–H groups in total. The number of rotatable bonds is 3. The molecule has 2 rings (SSSR count). The second kappa shape index (κ2) is 5.50. The highest BCUT2D eigenvalue weighted by Gasteiger charge is 2.14. The maximum Gasteiger partial charge on any atom is 0.251 e. The van der Waals surface area contributed by atoms with Crippen LogP contribution in [-0.4, -0.2) is 16.1 Å². The van der Waals surface area contributed by atoms with E-state index >= 15 is 0 Å². The Labute approximate surface area is 120 Å². The summed E-state index contributed by atoms with van der Waals surface area (Å²) < 4.78 is 0. The molecule has 1 atom stereocenters. The summed E-state index contributed by atoms with van der Waals surface area (Å²) in [5, 5.41) is 9.85. The van der Waals surface area contributed by atoms with Crippen molar-refractivity contribution in [3.63, 3.8) is 0 Å². The van der Waals surface area contributed by atoms with E-state index in [0.717, 1.165) is 5.56 Å². The Bertz CT molecular complexity index is 575. The van der Waals surface area contributed by atoms with Gasteiger partial charge in [0.1, 0.15) is 0 Å². The number of aromatic amines is 1. The molecule has 0 aliphatic carbocycles. The van der Waals surface area contributed by atoms with Crippen LogP contribution in [0.5, 0.6) is 0 Å². The van der Waals surface area contributed by atoms with Crippen LogP contribution < -0.4 is 11.1 Å². The van der Waals surface area contributed by atoms with Crippen molar-refractivity contribution in [2.24, 2.45) is 0 Å². The molecule has 0 spiro atoms. The molecule has 5 nitrogen and oxygen atoms in total. The number of carbonyl (C=O) groups is 1. The van der Waals surface area contributed by atoms with E-state index in [1.54, 1.807) is 12.4 Å². The average Bonchev–Trinajstić information content (AvgIpc) is 2.89. The summed E-state index contributed by atoms with van der Waals surface area (Å²) in [6.45, 7) is 1.85. The molecule has 1 amide bonds. The predicted octanol–water partition coefficient (Wildman–Crippen LogP) is 2.79. The maximum atomic E-state index is 12.1. The summed E-state index contributed by atoms with van der Waals surface area (Å²) in [6.07, 6.45) is 3.36. The van der Waals surface area contributed by atoms with Gasteiger partial charge in [-0.25, -0.2) is 0 Å². The van der Waals surface area contributed by atoms with Gasteiger partial charge >= 0.3 is 0 Å². The van der Waals surface area contributed by atoms with Crippen LogP contribution in [0.2, 0.25) is 10.0 Å². The average molecular weight is 299 g/mol. The van der Waals surface area contributed by atoms with E-state index < -0.39 is 0 Å². The highest BCUT2D eigenvalue weighted by Crippen LogP contribution is 2.29. The lowest BCUT2D eigenvalue weighted by molar-refractivity contribution is 0.0940. The summed E-state index contributed by atoms with van der Waals surface area (Å²) in [4.78, 5) is 12.1. The quantitative estimate of drug-likeness (QED) is 0.762. The first-order valence-electron chi connectivity index (χ1n) is 5.53. The van der Waals surface area contributed by atoms with Crippen LogP contribution in [0.25, 0.3) is 0 Å². The van der Waals surface area contributed by atoms with Crippen LogP contribution >= 0.6 is 23.2 Å². The number of nitrogens with zero attached hydrogens (tertiary/aromatic N) is 1. The number of nitrogens with one attached hydrogen (secondary N) is 2. The second-order valence-electron chi connectivity index (χ2n) is 4.08. The molecular weight excluding hydrogens is 287 g/mol. The Balaban J connectivity index is 2.16. The number of anilines is 1. The van der Waals surface area contributed by atoms with Crippen molar-refractivity contribution in [2.45, 2.75) is 13.0 Å². The summed E-state index contributed by atoms with van der Waals surface area (Å²) >= 11 is 11.8. The van der Waals surface area contributed by atoms with Crippen molar-refractivity contribution in [3.05, 3.63) is 45.7 Å². The van der Waals surface area contributed by atoms with Crippen LogP contribution in [0.4, 0.5) is 5.69 Å². The Morgan fingerprint density at radius 2 is 2.05 bits per heavy atom. The predicted molar refractivity (Wildman–Crippen MR) is 75.3 cm³/mol. The largest absolute Gasteiger partial charge is 0.396 e. The van der Waals surface area contributed by atoms with Gasteiger partial charge in [-0.05, 0) is 19.1 Å². The zero-order valence-corrected chi connectivity index (χ0v) is 11.6. The molecule has 0 radical (unpaired) electrons. The van der Waals surface area contributed by atoms with Crippen molar-refractivity contribution in [2.75, 3.05) is 5.73 Å². The molecule has 0 fully saturated rings. The number of nitrogen functional groups attached to an aromatic ring is 1. The van der Waals surface area contributed by atoms with Crippen molar-refractivity contribution in [3.8, 4) is 0 Å². The number of hydrogen-bond donors (Lipinski definition) is 3. The highest BCUT2D eigenvalue weighted by atomic mass is 35.5. The first kappa shape index (κ1) is 13.7. The minimum atomic E-state index is -0.280. The van der Waals surface area contributed by atoms with E-state index in [9.17, 15) is 4.79 Å². The molecule has 1 aromatic heterocycles. The minimum Gasteiger partial charge on any atom is -0.396 e. The van der Waals surface area contributed by atoms with Gasteiger partial charge in [0.15, 0.2) is 0 Å². The fraction of sp³-hybridized carbons (Fsp3) is 0.167. The minimum absolute atomic E-state index is 0.179. The zero-order valence-electron chi connectivity index (χ0n) is 10.1. The maximum absolute atomic E-state index is 12.1. The number of aromatic nitrogens is 2. The molecule has 0 bridgehead atoms. The van der Waals surface area contributed by atoms with Crippen LogP contribution in [0, 0.1) is 0 Å². The molecule has 0 aliphatic heterocycles. The van der Waals surface area contributed by atoms with Crippen LogP contribution in [0.1, 0.15) is 28.9 Å². The Kier molecular flexibility index (Phi) is 3.97. The number of nitrogens with two attached hydrogens (primary N) is 1. The lowest BCUT2D eigenvalue weighted by Crippen LogP contribution is -2.26. The van der Waals surface area contributed by atoms with E-state index in [2.05, 4.69) is 15.5 Å². The van der Waals surface area contributed by atoms with Gasteiger partial charge in [0.05, 0.1) is 28.0 Å². The van der Waals surface area contributed by atoms with Gasteiger partial charge in [0, 0.05) is 17.3 Å². The molecule has 7 heteroatoms. The topological polar surface area (TPSA) is 83.8 Å². The lowest BCUT2D eigenvalue weighted by Gasteiger charge is -2.13. The normalized spacial score (nSPS) is 12.2. The molecule has 1 heterocycles. The van der Waals surface area contributed by atoms with Crippen molar-refractivity contribution in [1.82, 2.24) is 15.5 Å². The monoisotopic (exact) mass is 298 g/mol. The number of H-pyrrole nitrogens is 1. The molecule has 2 aromatic rings. The highest BCUT2D eigenvalue weighted by molar-refractivity contribution is 6.39. The van der Waals surface area contributed by atoms with E-state index in [4.69, 9.17) is 28.9 Å². The number of amides is 1. The number of halogens is 2. The SMILES string of the molecule is CC(NC(=O)c1cc(Cl)c(N)c(Cl)c1)c1cn[nH]c1. The van der Waals surface area contributed by atoms with Crippen LogP contribution in [0.3, 0.4) is 0 Å². The first-order chi connectivity index (χ1) is 8.99. The van der Waals surface area contributed by atoms with Gasteiger partial charge in [0.2, 0.25) is 0 Å². The van der Waals surface area contributed by atoms with E-state index in [1.807, 2.05) is 6.92 Å². The third-order valence-electron chi connectivity index (χ3n) is 2.71. The second-order valence-corrected chi connectivity index (χ2v) is 4.89. The Morgan fingerprint density at radius 1 is 1.42 bits per heavy atom. The Morgan fingerprint density at radius 3 is 2.58 bits per heavy atom. The van der Waals surface area contributed by atoms with Gasteiger partial charge in [-0.3, -0.25) is 9.89 Å². The van der Waals surface area contributed by atoms with E-state index in [0.29, 0.717) is 5.56 Å². The van der Waals surface area contributed by atoms with Crippen LogP contribution in [-0.2, 0) is 0 Å². The van der Waals surface area contributed by atoms with Crippen LogP contribution in [0.15, 0.2) is 24.5 Å². The van der Waals surface area contributed by atoms with Crippen molar-refractivity contribution in [1.29, 1.82) is 0 Å². The van der Waals surface area contributed by atoms with Gasteiger partial charge < -0.3 is 11.1 Å². The van der Waals surface area contributed by atoms with Gasteiger partial charge in [-0.2, -0.15) is 5.10 Å². The molecule has 0 saturated carbocycles. The summed E-state index contributed by atoms with van der Waals surface area (Å²) in [5.74, 6) is -0.280. The first-order valence-corrected chi connectivity index (χ1v) is 6.28. The van der Waals surface area contributed by atoms with Gasteiger partial charge in [-0.15, -0.1) is 0 Å². The molecule has 19 heavy (non-hydrogen) atoms. The smallest absolute Gasteiger partial charge is 0.251 e. The Hall–Kier alpha value is -1.72. The molecule has 100 valence electrons. The third kappa shape index (κ3) is 3.00. The molecule has 1 unspecified atom stereocenters.